The van der Waals surface area contributed by atoms with E-state index >= 15 is 0 Å². The summed E-state index contributed by atoms with van der Waals surface area (Å²) in [5.41, 5.74) is 1.85. The maximum absolute atomic E-state index is 14.6. The van der Waals surface area contributed by atoms with Crippen LogP contribution in [-0.4, -0.2) is 132 Å². The van der Waals surface area contributed by atoms with Crippen molar-refractivity contribution < 1.29 is 39.6 Å². The summed E-state index contributed by atoms with van der Waals surface area (Å²) in [6.07, 6.45) is 2.12. The first-order valence-corrected chi connectivity index (χ1v) is 15.9. The van der Waals surface area contributed by atoms with Gasteiger partial charge in [0.1, 0.15) is 22.9 Å². The molecule has 0 aliphatic heterocycles. The van der Waals surface area contributed by atoms with E-state index in [1.54, 1.807) is 38.4 Å². The van der Waals surface area contributed by atoms with Crippen molar-refractivity contribution in [3.8, 4) is 0 Å². The molecule has 1 aromatic rings. The van der Waals surface area contributed by atoms with Gasteiger partial charge >= 0.3 is 0 Å². The van der Waals surface area contributed by atoms with Crippen LogP contribution in [-0.2, 0) is 14.4 Å². The highest BCUT2D eigenvalue weighted by molar-refractivity contribution is 6.24. The first-order chi connectivity index (χ1) is 22.4. The van der Waals surface area contributed by atoms with Gasteiger partial charge in [-0.15, -0.1) is 0 Å². The van der Waals surface area contributed by atoms with Gasteiger partial charge in [0.25, 0.3) is 11.8 Å². The van der Waals surface area contributed by atoms with Crippen LogP contribution in [0.5, 0.6) is 0 Å². The van der Waals surface area contributed by atoms with E-state index in [0.29, 0.717) is 29.8 Å². The van der Waals surface area contributed by atoms with Crippen molar-refractivity contribution in [2.45, 2.75) is 37.5 Å². The monoisotopic (exact) mass is 663 g/mol. The molecular formula is C35H45N5O8. The number of aliphatic hydroxyl groups is 4. The van der Waals surface area contributed by atoms with Crippen molar-refractivity contribution in [2.24, 2.45) is 23.0 Å². The smallest absolute Gasteiger partial charge is 0.255 e. The van der Waals surface area contributed by atoms with Crippen LogP contribution in [0.15, 0.2) is 64.3 Å². The number of ketones is 2. The molecule has 258 valence electrons. The summed E-state index contributed by atoms with van der Waals surface area (Å²) in [5, 5.41) is 49.5. The Labute approximate surface area is 279 Å². The normalized spacial score (nSPS) is 30.4. The second-order valence-electron chi connectivity index (χ2n) is 14.2. The van der Waals surface area contributed by atoms with Gasteiger partial charge in [-0.2, -0.15) is 0 Å². The highest BCUT2D eigenvalue weighted by atomic mass is 16.3. The van der Waals surface area contributed by atoms with Crippen molar-refractivity contribution in [1.29, 1.82) is 0 Å². The zero-order valence-electron chi connectivity index (χ0n) is 28.4. The van der Waals surface area contributed by atoms with Crippen LogP contribution in [0.4, 0.5) is 0 Å². The summed E-state index contributed by atoms with van der Waals surface area (Å²) in [7, 11) is 10.7. The first-order valence-electron chi connectivity index (χ1n) is 15.9. The maximum atomic E-state index is 14.6. The van der Waals surface area contributed by atoms with E-state index in [9.17, 15) is 39.6 Å². The van der Waals surface area contributed by atoms with Gasteiger partial charge in [0.15, 0.2) is 11.4 Å². The standard InChI is InChI=1S/C35H45N5O8/c1-34-16-19-14-21-26(40(6)7)29(43)24(32(36)46)31(45)35(21,48)30(44)23(19)28(42)25(34)27(41)20(15-22(34)39(4)5)17-9-8-10-18(13-17)33(47)37-11-12-38(2)3/h8-10,13,15,19,21-22,26,41,43-44,48H,11-12,14,16H2,1-7H3,(H2,36,46)(H,37,47)/t19-,21+,22?,26+,34?,35+/m1/s1. The Morgan fingerprint density at radius 3 is 2.29 bits per heavy atom. The van der Waals surface area contributed by atoms with Crippen molar-refractivity contribution in [3.63, 3.8) is 0 Å². The minimum atomic E-state index is -2.72. The molecule has 0 radical (unpaired) electrons. The van der Waals surface area contributed by atoms with Crippen LogP contribution >= 0.6 is 0 Å². The Hall–Kier alpha value is -4.30. The molecule has 1 saturated carbocycles. The van der Waals surface area contributed by atoms with Gasteiger partial charge in [0.2, 0.25) is 5.78 Å². The molecule has 2 unspecified atom stereocenters. The van der Waals surface area contributed by atoms with E-state index in [-0.39, 0.29) is 35.7 Å². The molecule has 48 heavy (non-hydrogen) atoms. The van der Waals surface area contributed by atoms with E-state index in [2.05, 4.69) is 5.32 Å². The minimum absolute atomic E-state index is 0.000296. The van der Waals surface area contributed by atoms with Crippen LogP contribution in [0.3, 0.4) is 0 Å². The van der Waals surface area contributed by atoms with Crippen molar-refractivity contribution in [3.05, 3.63) is 75.5 Å². The van der Waals surface area contributed by atoms with E-state index in [1.165, 1.54) is 4.90 Å². The van der Waals surface area contributed by atoms with Gasteiger partial charge in [-0.05, 0) is 78.7 Å². The topological polar surface area (TPSA) is 197 Å². The zero-order valence-corrected chi connectivity index (χ0v) is 28.4. The lowest BCUT2D eigenvalue weighted by Crippen LogP contribution is -2.64. The fourth-order valence-corrected chi connectivity index (χ4v) is 8.25. The van der Waals surface area contributed by atoms with E-state index in [4.69, 9.17) is 5.73 Å². The highest BCUT2D eigenvalue weighted by Crippen LogP contribution is 2.59. The predicted octanol–water partition coefficient (Wildman–Crippen LogP) is 1.09. The number of rotatable bonds is 8. The third kappa shape index (κ3) is 5.25. The van der Waals surface area contributed by atoms with Crippen molar-refractivity contribution in [1.82, 2.24) is 20.0 Å². The lowest BCUT2D eigenvalue weighted by atomic mass is 9.52. The van der Waals surface area contributed by atoms with Gasteiger partial charge in [-0.1, -0.05) is 25.1 Å². The molecule has 1 aromatic carbocycles. The lowest BCUT2D eigenvalue weighted by molar-refractivity contribution is -0.149. The molecule has 7 N–H and O–H groups in total. The number of aliphatic hydroxyl groups excluding tert-OH is 3. The number of carbonyl (C=O) groups excluding carboxylic acids is 4. The van der Waals surface area contributed by atoms with Crippen LogP contribution in [0.25, 0.3) is 5.57 Å². The van der Waals surface area contributed by atoms with Crippen LogP contribution in [0.1, 0.15) is 35.7 Å². The molecule has 4 aliphatic carbocycles. The molecule has 5 rings (SSSR count). The predicted molar refractivity (Wildman–Crippen MR) is 178 cm³/mol. The van der Waals surface area contributed by atoms with Crippen LogP contribution in [0, 0.1) is 17.3 Å². The Bertz CT molecular complexity index is 1720. The molecule has 6 atom stereocenters. The van der Waals surface area contributed by atoms with E-state index in [0.717, 1.165) is 0 Å². The van der Waals surface area contributed by atoms with Gasteiger partial charge < -0.3 is 41.3 Å². The molecule has 0 aromatic heterocycles. The molecule has 1 fully saturated rings. The Morgan fingerprint density at radius 2 is 1.71 bits per heavy atom. The average Bonchev–Trinajstić information content (AvgIpc) is 2.98. The number of benzene rings is 1. The Kier molecular flexibility index (Phi) is 8.97. The number of hydrogen-bond donors (Lipinski definition) is 6. The molecule has 0 heterocycles. The molecule has 4 aliphatic rings. The number of likely N-dealkylation sites (N-methyl/N-ethyl adjacent to an activating group) is 3. The number of nitrogens with one attached hydrogen (secondary N) is 1. The molecule has 0 bridgehead atoms. The third-order valence-electron chi connectivity index (χ3n) is 10.4. The molecule has 13 nitrogen and oxygen atoms in total. The number of fused-ring (bicyclic) bond motifs is 3. The second-order valence-corrected chi connectivity index (χ2v) is 14.2. The van der Waals surface area contributed by atoms with Crippen molar-refractivity contribution in [2.75, 3.05) is 55.4 Å². The van der Waals surface area contributed by atoms with E-state index in [1.807, 2.05) is 51.0 Å². The molecule has 13 heteroatoms. The summed E-state index contributed by atoms with van der Waals surface area (Å²) < 4.78 is 0. The molecular weight excluding hydrogens is 618 g/mol. The minimum Gasteiger partial charge on any atom is -0.510 e. The number of primary amides is 1. The number of nitrogens with zero attached hydrogens (tertiary/aromatic N) is 3. The summed E-state index contributed by atoms with van der Waals surface area (Å²) in [6, 6.07) is 5.20. The fraction of sp³-hybridized carbons (Fsp3) is 0.486. The molecule has 0 spiro atoms. The van der Waals surface area contributed by atoms with E-state index < -0.39 is 69.5 Å². The number of Topliss-reactive ketones (excluding diaryl/α,β-unsaturated/α-hetero) is 2. The number of nitrogens with two attached hydrogens (primary N) is 1. The van der Waals surface area contributed by atoms with Gasteiger partial charge in [0.05, 0.1) is 11.6 Å². The number of hydrogen-bond acceptors (Lipinski definition) is 11. The largest absolute Gasteiger partial charge is 0.510 e. The number of carbonyl (C=O) groups is 4. The first kappa shape index (κ1) is 35.0. The number of amides is 2. The Morgan fingerprint density at radius 1 is 1.04 bits per heavy atom. The Balaban J connectivity index is 1.64. The number of allylic oxidation sites excluding steroid dienone is 2. The summed E-state index contributed by atoms with van der Waals surface area (Å²) in [6.45, 7) is 2.94. The van der Waals surface area contributed by atoms with Gasteiger partial charge in [-0.25, -0.2) is 0 Å². The van der Waals surface area contributed by atoms with Gasteiger partial charge in [0, 0.05) is 47.2 Å². The third-order valence-corrected chi connectivity index (χ3v) is 10.4. The second kappa shape index (κ2) is 12.3. The quantitative estimate of drug-likeness (QED) is 0.218. The van der Waals surface area contributed by atoms with Crippen molar-refractivity contribution >= 4 is 29.0 Å². The molecule has 2 amide bonds. The average molecular weight is 664 g/mol. The SMILES string of the molecule is CN(C)CCNC(=O)c1cccc(C2=CC(N(C)C)C3(C)C[C@H]4C[C@H]5[C@H](N(C)C)C(O)=C(C(N)=O)C(=O)[C@@]5(O)C(O)=C4C(=O)C3=C2O)c1. The molecule has 0 saturated heterocycles. The zero-order chi connectivity index (χ0) is 35.6. The fourth-order valence-electron chi connectivity index (χ4n) is 8.25. The lowest BCUT2D eigenvalue weighted by Gasteiger charge is -2.54. The van der Waals surface area contributed by atoms with Gasteiger partial charge in [-0.3, -0.25) is 24.1 Å². The summed E-state index contributed by atoms with van der Waals surface area (Å²) in [5.74, 6) is -7.22. The van der Waals surface area contributed by atoms with Crippen LogP contribution in [0.2, 0.25) is 0 Å². The highest BCUT2D eigenvalue weighted by Gasteiger charge is 2.65. The van der Waals surface area contributed by atoms with Crippen LogP contribution < -0.4 is 11.1 Å². The maximum Gasteiger partial charge on any atom is 0.255 e. The summed E-state index contributed by atoms with van der Waals surface area (Å²) in [4.78, 5) is 58.9. The summed E-state index contributed by atoms with van der Waals surface area (Å²) >= 11 is 0.